The molecule has 1 nitrogen and oxygen atoms in total. The number of likely N-dealkylation sites (tertiary alicyclic amines) is 1. The first-order chi connectivity index (χ1) is 8.62. The molecule has 1 aromatic rings. The molecule has 0 aromatic heterocycles. The van der Waals surface area contributed by atoms with Crippen LogP contribution in [0, 0.1) is 23.7 Å². The van der Waals surface area contributed by atoms with Gasteiger partial charge in [0.2, 0.25) is 0 Å². The van der Waals surface area contributed by atoms with E-state index in [1.165, 1.54) is 24.9 Å². The van der Waals surface area contributed by atoms with Gasteiger partial charge in [-0.15, -0.1) is 12.3 Å². The zero-order valence-corrected chi connectivity index (χ0v) is 11.5. The summed E-state index contributed by atoms with van der Waals surface area (Å²) in [5.41, 5.74) is 1.42. The van der Waals surface area contributed by atoms with E-state index in [0.717, 1.165) is 13.1 Å². The summed E-state index contributed by atoms with van der Waals surface area (Å²) >= 11 is 0. The van der Waals surface area contributed by atoms with Gasteiger partial charge in [-0.2, -0.15) is 0 Å². The largest absolute Gasteiger partial charge is 0.299 e. The lowest BCUT2D eigenvalue weighted by Crippen LogP contribution is -2.40. The summed E-state index contributed by atoms with van der Waals surface area (Å²) in [6.07, 6.45) is 8.20. The SMILES string of the molecule is C#CC(C)(C)C1CCCN(Cc2ccccc2)C1. The number of piperidine rings is 1. The summed E-state index contributed by atoms with van der Waals surface area (Å²) in [6.45, 7) is 7.78. The molecule has 1 aromatic carbocycles. The van der Waals surface area contributed by atoms with Gasteiger partial charge in [0.25, 0.3) is 0 Å². The molecule has 0 saturated carbocycles. The average molecular weight is 241 g/mol. The molecule has 18 heavy (non-hydrogen) atoms. The lowest BCUT2D eigenvalue weighted by molar-refractivity contribution is 0.114. The maximum atomic E-state index is 5.67. The third-order valence-electron chi connectivity index (χ3n) is 4.15. The van der Waals surface area contributed by atoms with Crippen LogP contribution in [-0.2, 0) is 6.54 Å². The Bertz CT molecular complexity index is 413. The molecule has 1 fully saturated rings. The molecule has 2 rings (SSSR count). The van der Waals surface area contributed by atoms with Gasteiger partial charge >= 0.3 is 0 Å². The molecule has 1 atom stereocenters. The Hall–Kier alpha value is -1.26. The van der Waals surface area contributed by atoms with Gasteiger partial charge in [-0.05, 0) is 44.7 Å². The normalized spacial score (nSPS) is 21.5. The summed E-state index contributed by atoms with van der Waals surface area (Å²) in [7, 11) is 0. The van der Waals surface area contributed by atoms with Gasteiger partial charge in [0.15, 0.2) is 0 Å². The summed E-state index contributed by atoms with van der Waals surface area (Å²) in [5.74, 6) is 3.59. The molecule has 0 N–H and O–H groups in total. The quantitative estimate of drug-likeness (QED) is 0.731. The number of terminal acetylenes is 1. The van der Waals surface area contributed by atoms with Crippen molar-refractivity contribution in [3.63, 3.8) is 0 Å². The van der Waals surface area contributed by atoms with Crippen LogP contribution in [-0.4, -0.2) is 18.0 Å². The van der Waals surface area contributed by atoms with Crippen molar-refractivity contribution in [1.82, 2.24) is 4.90 Å². The first-order valence-corrected chi connectivity index (χ1v) is 6.86. The highest BCUT2D eigenvalue weighted by Gasteiger charge is 2.31. The molecule has 1 heterocycles. The first-order valence-electron chi connectivity index (χ1n) is 6.86. The topological polar surface area (TPSA) is 3.24 Å². The first kappa shape index (κ1) is 13.2. The monoisotopic (exact) mass is 241 g/mol. The van der Waals surface area contributed by atoms with Crippen LogP contribution < -0.4 is 0 Å². The summed E-state index contributed by atoms with van der Waals surface area (Å²) < 4.78 is 0. The van der Waals surface area contributed by atoms with Crippen molar-refractivity contribution >= 4 is 0 Å². The number of nitrogens with zero attached hydrogens (tertiary/aromatic N) is 1. The predicted octanol–water partition coefficient (Wildman–Crippen LogP) is 3.56. The van der Waals surface area contributed by atoms with Crippen molar-refractivity contribution < 1.29 is 0 Å². The van der Waals surface area contributed by atoms with Crippen LogP contribution in [0.15, 0.2) is 30.3 Å². The van der Waals surface area contributed by atoms with E-state index in [1.807, 2.05) is 0 Å². The third kappa shape index (κ3) is 3.15. The standard InChI is InChI=1S/C17H23N/c1-4-17(2,3)16-11-8-12-18(14-16)13-15-9-6-5-7-10-15/h1,5-7,9-10,16H,8,11-14H2,2-3H3. The summed E-state index contributed by atoms with van der Waals surface area (Å²) in [5, 5.41) is 0. The van der Waals surface area contributed by atoms with Crippen LogP contribution in [0.3, 0.4) is 0 Å². The van der Waals surface area contributed by atoms with Crippen LogP contribution >= 0.6 is 0 Å². The lowest BCUT2D eigenvalue weighted by Gasteiger charge is -2.39. The zero-order chi connectivity index (χ0) is 13.0. The van der Waals surface area contributed by atoms with Gasteiger partial charge in [-0.25, -0.2) is 0 Å². The van der Waals surface area contributed by atoms with Gasteiger partial charge in [0.05, 0.1) is 0 Å². The molecule has 0 bridgehead atoms. The van der Waals surface area contributed by atoms with Crippen molar-refractivity contribution in [2.75, 3.05) is 13.1 Å². The highest BCUT2D eigenvalue weighted by molar-refractivity contribution is 5.14. The van der Waals surface area contributed by atoms with E-state index < -0.39 is 0 Å². The Morgan fingerprint density at radius 1 is 1.33 bits per heavy atom. The van der Waals surface area contributed by atoms with Gasteiger partial charge in [0.1, 0.15) is 0 Å². The molecule has 0 radical (unpaired) electrons. The van der Waals surface area contributed by atoms with Crippen molar-refractivity contribution in [3.8, 4) is 12.3 Å². The van der Waals surface area contributed by atoms with Crippen molar-refractivity contribution in [2.24, 2.45) is 11.3 Å². The third-order valence-corrected chi connectivity index (χ3v) is 4.15. The minimum absolute atomic E-state index is 0.0232. The van der Waals surface area contributed by atoms with Crippen LogP contribution in [0.25, 0.3) is 0 Å². The van der Waals surface area contributed by atoms with E-state index in [9.17, 15) is 0 Å². The molecular weight excluding hydrogens is 218 g/mol. The fraction of sp³-hybridized carbons (Fsp3) is 0.529. The molecule has 0 aliphatic carbocycles. The highest BCUT2D eigenvalue weighted by atomic mass is 15.1. The molecule has 1 saturated heterocycles. The number of benzene rings is 1. The van der Waals surface area contributed by atoms with E-state index in [1.54, 1.807) is 0 Å². The van der Waals surface area contributed by atoms with Gasteiger partial charge in [-0.1, -0.05) is 30.3 Å². The number of hydrogen-bond donors (Lipinski definition) is 0. The summed E-state index contributed by atoms with van der Waals surface area (Å²) in [4.78, 5) is 2.54. The number of rotatable bonds is 3. The Morgan fingerprint density at radius 2 is 2.06 bits per heavy atom. The van der Waals surface area contributed by atoms with Crippen LogP contribution in [0.1, 0.15) is 32.3 Å². The van der Waals surface area contributed by atoms with Crippen molar-refractivity contribution in [2.45, 2.75) is 33.2 Å². The highest BCUT2D eigenvalue weighted by Crippen LogP contribution is 2.33. The molecule has 1 aliphatic heterocycles. The van der Waals surface area contributed by atoms with E-state index >= 15 is 0 Å². The molecular formula is C17H23N. The lowest BCUT2D eigenvalue weighted by atomic mass is 9.75. The van der Waals surface area contributed by atoms with Crippen molar-refractivity contribution in [1.29, 1.82) is 0 Å². The van der Waals surface area contributed by atoms with Gasteiger partial charge in [0, 0.05) is 18.5 Å². The Morgan fingerprint density at radius 3 is 2.72 bits per heavy atom. The van der Waals surface area contributed by atoms with E-state index in [4.69, 9.17) is 6.42 Å². The van der Waals surface area contributed by atoms with Crippen LogP contribution in [0.4, 0.5) is 0 Å². The molecule has 96 valence electrons. The number of hydrogen-bond acceptors (Lipinski definition) is 1. The molecule has 0 amide bonds. The average Bonchev–Trinajstić information content (AvgIpc) is 2.40. The maximum Gasteiger partial charge on any atom is 0.0296 e. The molecule has 1 heteroatoms. The maximum absolute atomic E-state index is 5.67. The Labute approximate surface area is 111 Å². The van der Waals surface area contributed by atoms with E-state index in [-0.39, 0.29) is 5.41 Å². The van der Waals surface area contributed by atoms with Crippen molar-refractivity contribution in [3.05, 3.63) is 35.9 Å². The predicted molar refractivity (Wildman–Crippen MR) is 77.1 cm³/mol. The van der Waals surface area contributed by atoms with Crippen LogP contribution in [0.2, 0.25) is 0 Å². The molecule has 1 unspecified atom stereocenters. The van der Waals surface area contributed by atoms with Gasteiger partial charge in [-0.3, -0.25) is 4.90 Å². The Kier molecular flexibility index (Phi) is 4.09. The van der Waals surface area contributed by atoms with Gasteiger partial charge < -0.3 is 0 Å². The molecule has 1 aliphatic rings. The minimum atomic E-state index is 0.0232. The molecule has 0 spiro atoms. The smallest absolute Gasteiger partial charge is 0.0296 e. The van der Waals surface area contributed by atoms with E-state index in [0.29, 0.717) is 5.92 Å². The fourth-order valence-corrected chi connectivity index (χ4v) is 2.75. The summed E-state index contributed by atoms with van der Waals surface area (Å²) in [6, 6.07) is 10.7. The second-order valence-corrected chi connectivity index (χ2v) is 5.93. The zero-order valence-electron chi connectivity index (χ0n) is 11.5. The minimum Gasteiger partial charge on any atom is -0.299 e. The van der Waals surface area contributed by atoms with E-state index in [2.05, 4.69) is 55.0 Å². The second kappa shape index (κ2) is 5.59. The second-order valence-electron chi connectivity index (χ2n) is 5.93. The van der Waals surface area contributed by atoms with Crippen LogP contribution in [0.5, 0.6) is 0 Å². The Balaban J connectivity index is 1.98. The fourth-order valence-electron chi connectivity index (χ4n) is 2.75.